The molecule has 2 heterocycles. The number of nitrogens with one attached hydrogen (secondary N) is 1. The van der Waals surface area contributed by atoms with Crippen molar-refractivity contribution in [2.45, 2.75) is 32.5 Å². The molecule has 27 heavy (non-hydrogen) atoms. The van der Waals surface area contributed by atoms with E-state index in [1.807, 2.05) is 48.1 Å². The third-order valence-corrected chi connectivity index (χ3v) is 5.85. The SMILES string of the molecule is CCn1c(SCC(=O)N/N=C(/C)c2cccs2)nnc1-c1ccc(C)cc1. The number of hydrogen-bond acceptors (Lipinski definition) is 6. The molecular weight excluding hydrogens is 378 g/mol. The van der Waals surface area contributed by atoms with Crippen LogP contribution in [-0.2, 0) is 11.3 Å². The van der Waals surface area contributed by atoms with Gasteiger partial charge in [0.25, 0.3) is 5.91 Å². The van der Waals surface area contributed by atoms with Gasteiger partial charge >= 0.3 is 0 Å². The minimum Gasteiger partial charge on any atom is -0.302 e. The predicted octanol–water partition coefficient (Wildman–Crippen LogP) is 3.97. The van der Waals surface area contributed by atoms with E-state index in [1.54, 1.807) is 11.3 Å². The Morgan fingerprint density at radius 3 is 2.70 bits per heavy atom. The van der Waals surface area contributed by atoms with Crippen LogP contribution in [-0.4, -0.2) is 32.1 Å². The Balaban J connectivity index is 1.63. The van der Waals surface area contributed by atoms with Gasteiger partial charge in [-0.15, -0.1) is 21.5 Å². The topological polar surface area (TPSA) is 72.2 Å². The van der Waals surface area contributed by atoms with Crippen molar-refractivity contribution in [3.63, 3.8) is 0 Å². The number of thioether (sulfide) groups is 1. The van der Waals surface area contributed by atoms with Crippen molar-refractivity contribution in [1.29, 1.82) is 0 Å². The van der Waals surface area contributed by atoms with Gasteiger partial charge in [-0.05, 0) is 32.2 Å². The molecule has 0 spiro atoms. The van der Waals surface area contributed by atoms with Crippen molar-refractivity contribution in [3.05, 3.63) is 52.2 Å². The number of nitrogens with zero attached hydrogens (tertiary/aromatic N) is 4. The van der Waals surface area contributed by atoms with E-state index < -0.39 is 0 Å². The Morgan fingerprint density at radius 1 is 1.26 bits per heavy atom. The summed E-state index contributed by atoms with van der Waals surface area (Å²) in [5, 5.41) is 15.4. The minimum atomic E-state index is -0.168. The van der Waals surface area contributed by atoms with Crippen LogP contribution in [0.5, 0.6) is 0 Å². The summed E-state index contributed by atoms with van der Waals surface area (Å²) in [4.78, 5) is 13.1. The second-order valence-electron chi connectivity index (χ2n) is 5.91. The van der Waals surface area contributed by atoms with Crippen LogP contribution in [0.2, 0.25) is 0 Å². The Morgan fingerprint density at radius 2 is 2.04 bits per heavy atom. The van der Waals surface area contributed by atoms with Gasteiger partial charge in [-0.3, -0.25) is 4.79 Å². The molecule has 8 heteroatoms. The van der Waals surface area contributed by atoms with Crippen LogP contribution in [0.1, 0.15) is 24.3 Å². The van der Waals surface area contributed by atoms with Gasteiger partial charge in [-0.2, -0.15) is 5.10 Å². The smallest absolute Gasteiger partial charge is 0.250 e. The van der Waals surface area contributed by atoms with Gasteiger partial charge in [0.1, 0.15) is 0 Å². The van der Waals surface area contributed by atoms with Crippen LogP contribution in [0.3, 0.4) is 0 Å². The molecule has 0 aliphatic heterocycles. The van der Waals surface area contributed by atoms with Gasteiger partial charge in [-0.1, -0.05) is 47.7 Å². The molecule has 6 nitrogen and oxygen atoms in total. The molecule has 0 saturated heterocycles. The molecule has 0 aliphatic carbocycles. The second-order valence-corrected chi connectivity index (χ2v) is 7.80. The summed E-state index contributed by atoms with van der Waals surface area (Å²) in [7, 11) is 0. The lowest BCUT2D eigenvalue weighted by Crippen LogP contribution is -2.21. The van der Waals surface area contributed by atoms with Crippen LogP contribution in [0, 0.1) is 6.92 Å². The molecule has 2 aromatic heterocycles. The predicted molar refractivity (Wildman–Crippen MR) is 111 cm³/mol. The third-order valence-electron chi connectivity index (χ3n) is 3.90. The molecule has 1 amide bonds. The van der Waals surface area contributed by atoms with E-state index in [4.69, 9.17) is 0 Å². The monoisotopic (exact) mass is 399 g/mol. The number of hydrogen-bond donors (Lipinski definition) is 1. The summed E-state index contributed by atoms with van der Waals surface area (Å²) < 4.78 is 2.02. The van der Waals surface area contributed by atoms with E-state index in [-0.39, 0.29) is 11.7 Å². The molecule has 0 radical (unpaired) electrons. The fraction of sp³-hybridized carbons (Fsp3) is 0.263. The van der Waals surface area contributed by atoms with E-state index in [1.165, 1.54) is 17.3 Å². The first-order chi connectivity index (χ1) is 13.1. The van der Waals surface area contributed by atoms with Crippen LogP contribution >= 0.6 is 23.1 Å². The van der Waals surface area contributed by atoms with Crippen molar-refractivity contribution in [2.24, 2.45) is 5.10 Å². The van der Waals surface area contributed by atoms with Crippen molar-refractivity contribution in [2.75, 3.05) is 5.75 Å². The summed E-state index contributed by atoms with van der Waals surface area (Å²) in [6.45, 7) is 6.70. The molecule has 140 valence electrons. The number of carbonyl (C=O) groups excluding carboxylic acids is 1. The van der Waals surface area contributed by atoms with Gasteiger partial charge < -0.3 is 4.57 Å². The van der Waals surface area contributed by atoms with Gasteiger partial charge in [0, 0.05) is 17.0 Å². The number of carbonyl (C=O) groups is 1. The molecule has 0 fully saturated rings. The highest BCUT2D eigenvalue weighted by Gasteiger charge is 2.14. The van der Waals surface area contributed by atoms with Crippen molar-refractivity contribution in [1.82, 2.24) is 20.2 Å². The summed E-state index contributed by atoms with van der Waals surface area (Å²) in [6.07, 6.45) is 0. The summed E-state index contributed by atoms with van der Waals surface area (Å²) in [6, 6.07) is 12.1. The van der Waals surface area contributed by atoms with E-state index >= 15 is 0 Å². The Hall–Kier alpha value is -2.45. The highest BCUT2D eigenvalue weighted by molar-refractivity contribution is 7.99. The van der Waals surface area contributed by atoms with Crippen LogP contribution in [0.4, 0.5) is 0 Å². The first kappa shape index (κ1) is 19.3. The minimum absolute atomic E-state index is 0.168. The molecule has 3 rings (SSSR count). The Kier molecular flexibility index (Phi) is 6.41. The van der Waals surface area contributed by atoms with Crippen LogP contribution in [0.25, 0.3) is 11.4 Å². The van der Waals surface area contributed by atoms with Crippen molar-refractivity contribution >= 4 is 34.7 Å². The van der Waals surface area contributed by atoms with Gasteiger partial charge in [0.2, 0.25) is 0 Å². The maximum atomic E-state index is 12.1. The molecule has 1 aromatic carbocycles. The van der Waals surface area contributed by atoms with E-state index in [2.05, 4.69) is 39.8 Å². The third kappa shape index (κ3) is 4.84. The molecule has 0 bridgehead atoms. The number of benzene rings is 1. The summed E-state index contributed by atoms with van der Waals surface area (Å²) in [5.41, 5.74) is 5.61. The molecule has 0 saturated carbocycles. The van der Waals surface area contributed by atoms with E-state index in [0.717, 1.165) is 33.7 Å². The number of amides is 1. The lowest BCUT2D eigenvalue weighted by Gasteiger charge is -2.07. The first-order valence-corrected chi connectivity index (χ1v) is 10.4. The average molecular weight is 400 g/mol. The van der Waals surface area contributed by atoms with Crippen molar-refractivity contribution < 1.29 is 4.79 Å². The quantitative estimate of drug-likeness (QED) is 0.371. The highest BCUT2D eigenvalue weighted by Crippen LogP contribution is 2.24. The van der Waals surface area contributed by atoms with Gasteiger partial charge in [0.15, 0.2) is 11.0 Å². The lowest BCUT2D eigenvalue weighted by molar-refractivity contribution is -0.118. The van der Waals surface area contributed by atoms with E-state index in [9.17, 15) is 4.79 Å². The average Bonchev–Trinajstić information content (AvgIpc) is 3.34. The molecule has 0 aliphatic rings. The zero-order chi connectivity index (χ0) is 19.2. The summed E-state index contributed by atoms with van der Waals surface area (Å²) in [5.74, 6) is 0.873. The van der Waals surface area contributed by atoms with Crippen LogP contribution in [0.15, 0.2) is 52.0 Å². The zero-order valence-corrected chi connectivity index (χ0v) is 17.1. The molecule has 1 N–H and O–H groups in total. The molecular formula is C19H21N5OS2. The van der Waals surface area contributed by atoms with E-state index in [0.29, 0.717) is 0 Å². The standard InChI is InChI=1S/C19H21N5OS2/c1-4-24-18(15-9-7-13(2)8-10-15)22-23-19(24)27-12-17(25)21-20-14(3)16-6-5-11-26-16/h5-11H,4,12H2,1-3H3,(H,21,25)/b20-14-. The van der Waals surface area contributed by atoms with Crippen molar-refractivity contribution in [3.8, 4) is 11.4 Å². The number of aryl methyl sites for hydroxylation is 1. The maximum absolute atomic E-state index is 12.1. The highest BCUT2D eigenvalue weighted by atomic mass is 32.2. The van der Waals surface area contributed by atoms with Crippen LogP contribution < -0.4 is 5.43 Å². The largest absolute Gasteiger partial charge is 0.302 e. The van der Waals surface area contributed by atoms with Gasteiger partial charge in [-0.25, -0.2) is 5.43 Å². The Labute approximate surface area is 166 Å². The molecule has 3 aromatic rings. The molecule has 0 unspecified atom stereocenters. The fourth-order valence-corrected chi connectivity index (χ4v) is 3.92. The number of aromatic nitrogens is 3. The first-order valence-electron chi connectivity index (χ1n) is 8.58. The number of hydrazone groups is 1. The fourth-order valence-electron chi connectivity index (χ4n) is 2.44. The van der Waals surface area contributed by atoms with Gasteiger partial charge in [0.05, 0.1) is 11.5 Å². The molecule has 0 atom stereocenters. The zero-order valence-electron chi connectivity index (χ0n) is 15.5. The Bertz CT molecular complexity index is 930. The normalized spacial score (nSPS) is 11.6. The lowest BCUT2D eigenvalue weighted by atomic mass is 10.1. The second kappa shape index (κ2) is 8.96. The summed E-state index contributed by atoms with van der Waals surface area (Å²) >= 11 is 2.95. The number of thiophene rings is 1. The maximum Gasteiger partial charge on any atom is 0.250 e. The number of rotatable bonds is 7.